The maximum atomic E-state index is 11.7. The monoisotopic (exact) mass is 598 g/mol. The van der Waals surface area contributed by atoms with Crippen molar-refractivity contribution in [1.29, 1.82) is 0 Å². The molecule has 0 heterocycles. The molecule has 0 bridgehead atoms. The van der Waals surface area contributed by atoms with Gasteiger partial charge in [0.25, 0.3) is 0 Å². The van der Waals surface area contributed by atoms with E-state index >= 15 is 0 Å². The van der Waals surface area contributed by atoms with E-state index in [-0.39, 0.29) is 5.92 Å². The van der Waals surface area contributed by atoms with Crippen LogP contribution < -0.4 is 14.2 Å². The first-order valence-electron chi connectivity index (χ1n) is 14.1. The minimum atomic E-state index is -0.508. The van der Waals surface area contributed by atoms with Gasteiger partial charge in [-0.1, -0.05) is 81.6 Å². The smallest absolute Gasteiger partial charge is 0.335 e. The normalized spacial score (nSPS) is 10.3. The fraction of sp³-hybridized carbons (Fsp3) is 0.243. The first-order valence-corrected chi connectivity index (χ1v) is 14.1. The summed E-state index contributed by atoms with van der Waals surface area (Å²) in [5.41, 5.74) is 4.92. The molecule has 0 spiro atoms. The van der Waals surface area contributed by atoms with Gasteiger partial charge in [0.2, 0.25) is 0 Å². The molecule has 0 saturated carbocycles. The third kappa shape index (κ3) is 13.7. The highest BCUT2D eigenvalue weighted by Crippen LogP contribution is 2.32. The third-order valence-corrected chi connectivity index (χ3v) is 6.26. The Balaban J connectivity index is 0.000000382. The fourth-order valence-electron chi connectivity index (χ4n) is 3.45. The molecule has 0 amide bonds. The van der Waals surface area contributed by atoms with Crippen molar-refractivity contribution in [3.8, 4) is 28.4 Å². The molecule has 232 valence electrons. The van der Waals surface area contributed by atoms with Crippen LogP contribution in [0.25, 0.3) is 11.1 Å². The molecule has 7 nitrogen and oxygen atoms in total. The Hall–Kier alpha value is -5.04. The first-order chi connectivity index (χ1) is 21.0. The molecule has 7 heteroatoms. The topological polar surface area (TPSA) is 96.0 Å². The van der Waals surface area contributed by atoms with Crippen LogP contribution in [0.5, 0.6) is 17.2 Å². The standard InChI is InChI=1S/C17H16O3.C16H20O3.C4H6O/c1-4-17(18)20-15-10-9-14(11-16(15)19-3)13-7-5-12(2)6-8-13;1-4-12(3)15(17)11-8-13-6-9-14(10-7-13)19-16(18)5-2;1-4(2)3-5/h4-11H,1H2,2-3H3;5-7,9-10,12H,2,4,8,11H2,1,3H3;3H,1H2,2H3. The molecule has 0 fully saturated rings. The summed E-state index contributed by atoms with van der Waals surface area (Å²) in [7, 11) is 1.54. The molecule has 0 saturated heterocycles. The van der Waals surface area contributed by atoms with Crippen LogP contribution in [0.1, 0.15) is 44.7 Å². The molecule has 3 aromatic carbocycles. The summed E-state index contributed by atoms with van der Waals surface area (Å²) in [5.74, 6) is 0.831. The highest BCUT2D eigenvalue weighted by Gasteiger charge is 2.11. The number of methoxy groups -OCH3 is 1. The number of hydrogen-bond acceptors (Lipinski definition) is 7. The SMILES string of the molecule is C=C(C)C=O.C=CC(=O)Oc1ccc(-c2ccc(C)cc2)cc1OC.C=CC(=O)Oc1ccc(CCC(=O)C(C)CC)cc1. The van der Waals surface area contributed by atoms with Crippen LogP contribution in [0.15, 0.2) is 104 Å². The predicted octanol–water partition coefficient (Wildman–Crippen LogP) is 7.85. The molecule has 0 aliphatic carbocycles. The van der Waals surface area contributed by atoms with Crippen molar-refractivity contribution in [2.45, 2.75) is 47.0 Å². The van der Waals surface area contributed by atoms with Gasteiger partial charge in [-0.3, -0.25) is 9.59 Å². The van der Waals surface area contributed by atoms with Crippen molar-refractivity contribution in [2.75, 3.05) is 7.11 Å². The zero-order valence-corrected chi connectivity index (χ0v) is 26.3. The Morgan fingerprint density at radius 1 is 0.841 bits per heavy atom. The maximum absolute atomic E-state index is 11.7. The molecule has 0 aromatic heterocycles. The summed E-state index contributed by atoms with van der Waals surface area (Å²) in [6.07, 6.45) is 5.13. The van der Waals surface area contributed by atoms with Crippen molar-refractivity contribution in [2.24, 2.45) is 5.92 Å². The average Bonchev–Trinajstić information content (AvgIpc) is 3.04. The van der Waals surface area contributed by atoms with Gasteiger partial charge in [-0.2, -0.15) is 0 Å². The lowest BCUT2D eigenvalue weighted by Gasteiger charge is -2.10. The summed E-state index contributed by atoms with van der Waals surface area (Å²) in [4.78, 5) is 43.4. The van der Waals surface area contributed by atoms with Gasteiger partial charge in [0.1, 0.15) is 17.8 Å². The van der Waals surface area contributed by atoms with Gasteiger partial charge in [0.15, 0.2) is 11.5 Å². The van der Waals surface area contributed by atoms with Crippen LogP contribution in [0.4, 0.5) is 0 Å². The predicted molar refractivity (Wildman–Crippen MR) is 175 cm³/mol. The Morgan fingerprint density at radius 2 is 1.39 bits per heavy atom. The molecule has 0 aliphatic rings. The van der Waals surface area contributed by atoms with Crippen LogP contribution in [0.3, 0.4) is 0 Å². The number of ether oxygens (including phenoxy) is 3. The van der Waals surface area contributed by atoms with E-state index in [9.17, 15) is 19.2 Å². The summed E-state index contributed by atoms with van der Waals surface area (Å²) < 4.78 is 15.4. The third-order valence-electron chi connectivity index (χ3n) is 6.26. The van der Waals surface area contributed by atoms with Gasteiger partial charge in [-0.05, 0) is 73.2 Å². The quantitative estimate of drug-likeness (QED) is 0.0907. The molecule has 3 aromatic rings. The molecule has 1 unspecified atom stereocenters. The summed E-state index contributed by atoms with van der Waals surface area (Å²) in [6, 6.07) is 20.8. The number of aldehydes is 1. The lowest BCUT2D eigenvalue weighted by molar-refractivity contribution is -0.129. The maximum Gasteiger partial charge on any atom is 0.335 e. The largest absolute Gasteiger partial charge is 0.493 e. The second kappa shape index (κ2) is 20.0. The van der Waals surface area contributed by atoms with Gasteiger partial charge in [0, 0.05) is 24.5 Å². The van der Waals surface area contributed by atoms with Crippen LogP contribution in [0, 0.1) is 12.8 Å². The first kappa shape index (κ1) is 37.0. The van der Waals surface area contributed by atoms with Crippen LogP contribution in [-0.2, 0) is 25.6 Å². The van der Waals surface area contributed by atoms with Gasteiger partial charge in [-0.25, -0.2) is 9.59 Å². The number of benzene rings is 3. The highest BCUT2D eigenvalue weighted by molar-refractivity contribution is 5.84. The number of rotatable bonds is 12. The van der Waals surface area contributed by atoms with Gasteiger partial charge < -0.3 is 14.2 Å². The lowest BCUT2D eigenvalue weighted by atomic mass is 9.98. The second-order valence-corrected chi connectivity index (χ2v) is 9.87. The molecule has 44 heavy (non-hydrogen) atoms. The number of Topliss-reactive ketones (excluding diaryl/α,β-unsaturated/α-hetero) is 1. The van der Waals surface area contributed by atoms with E-state index in [2.05, 4.69) is 19.7 Å². The molecule has 0 radical (unpaired) electrons. The molecular formula is C37H42O7. The number of carbonyl (C=O) groups excluding carboxylic acids is 4. The van der Waals surface area contributed by atoms with Crippen LogP contribution in [-0.4, -0.2) is 31.1 Å². The summed E-state index contributed by atoms with van der Waals surface area (Å²) in [5, 5.41) is 0. The molecule has 0 N–H and O–H groups in total. The van der Waals surface area contributed by atoms with Gasteiger partial charge in [0.05, 0.1) is 7.11 Å². The zero-order valence-electron chi connectivity index (χ0n) is 26.3. The minimum absolute atomic E-state index is 0.132. The number of allylic oxidation sites excluding steroid dienone is 1. The van der Waals surface area contributed by atoms with E-state index in [4.69, 9.17) is 14.2 Å². The molecular weight excluding hydrogens is 556 g/mol. The van der Waals surface area contributed by atoms with E-state index < -0.39 is 11.9 Å². The fourth-order valence-corrected chi connectivity index (χ4v) is 3.45. The minimum Gasteiger partial charge on any atom is -0.493 e. The van der Waals surface area contributed by atoms with Crippen LogP contribution in [0.2, 0.25) is 0 Å². The zero-order chi connectivity index (χ0) is 33.1. The van der Waals surface area contributed by atoms with Gasteiger partial charge in [-0.15, -0.1) is 0 Å². The van der Waals surface area contributed by atoms with E-state index in [1.54, 1.807) is 32.2 Å². The lowest BCUT2D eigenvalue weighted by Crippen LogP contribution is -2.10. The van der Waals surface area contributed by atoms with Crippen molar-refractivity contribution in [3.63, 3.8) is 0 Å². The van der Waals surface area contributed by atoms with E-state index in [0.717, 1.165) is 48.0 Å². The molecule has 0 aliphatic heterocycles. The van der Waals surface area contributed by atoms with Crippen LogP contribution >= 0.6 is 0 Å². The summed E-state index contributed by atoms with van der Waals surface area (Å²) >= 11 is 0. The van der Waals surface area contributed by atoms with E-state index in [1.807, 2.05) is 69.3 Å². The number of carbonyl (C=O) groups is 4. The average molecular weight is 599 g/mol. The Bertz CT molecular complexity index is 1420. The van der Waals surface area contributed by atoms with Gasteiger partial charge >= 0.3 is 11.9 Å². The molecule has 1 atom stereocenters. The van der Waals surface area contributed by atoms with Crippen molar-refractivity contribution in [1.82, 2.24) is 0 Å². The number of aryl methyl sites for hydroxylation is 2. The van der Waals surface area contributed by atoms with Crippen molar-refractivity contribution in [3.05, 3.63) is 115 Å². The Kier molecular flexibility index (Phi) is 16.8. The van der Waals surface area contributed by atoms with Crippen molar-refractivity contribution < 1.29 is 33.4 Å². The van der Waals surface area contributed by atoms with E-state index in [0.29, 0.717) is 35.0 Å². The number of hydrogen-bond donors (Lipinski definition) is 0. The number of esters is 2. The highest BCUT2D eigenvalue weighted by atomic mass is 16.6. The molecule has 3 rings (SSSR count). The Morgan fingerprint density at radius 3 is 1.89 bits per heavy atom. The van der Waals surface area contributed by atoms with E-state index in [1.165, 1.54) is 5.56 Å². The second-order valence-electron chi connectivity index (χ2n) is 9.87. The number of ketones is 1. The summed E-state index contributed by atoms with van der Waals surface area (Å²) in [6.45, 7) is 17.7. The Labute approximate surface area is 260 Å². The van der Waals surface area contributed by atoms with Crippen molar-refractivity contribution >= 4 is 24.0 Å².